The van der Waals surface area contributed by atoms with E-state index in [4.69, 9.17) is 3.83 Å². The topological polar surface area (TPSA) is 26.3 Å². The van der Waals surface area contributed by atoms with E-state index in [1.54, 1.807) is 0 Å². The lowest BCUT2D eigenvalue weighted by atomic mass is 9.93. The van der Waals surface area contributed by atoms with E-state index in [2.05, 4.69) is 59.6 Å². The van der Waals surface area contributed by atoms with Gasteiger partial charge >= 0.3 is 5.97 Å². The zero-order chi connectivity index (χ0) is 20.5. The van der Waals surface area contributed by atoms with Crippen LogP contribution in [0.15, 0.2) is 72.8 Å². The fourth-order valence-corrected chi connectivity index (χ4v) is 3.81. The van der Waals surface area contributed by atoms with Gasteiger partial charge in [0.1, 0.15) is 0 Å². The first-order valence-corrected chi connectivity index (χ1v) is 11.0. The zero-order valence-electron chi connectivity index (χ0n) is 16.9. The Morgan fingerprint density at radius 1 is 0.793 bits per heavy atom. The van der Waals surface area contributed by atoms with Crippen molar-refractivity contribution < 1.29 is 8.62 Å². The van der Waals surface area contributed by atoms with Gasteiger partial charge in [-0.1, -0.05) is 93.3 Å². The molecular weight excluding hydrogens is 424 g/mol. The molecule has 0 radical (unpaired) electrons. The minimum Gasteiger partial charge on any atom is -0.380 e. The minimum absolute atomic E-state index is 0.375. The summed E-state index contributed by atoms with van der Waals surface area (Å²) < 4.78 is 4.85. The molecule has 3 aromatic rings. The normalized spacial score (nSPS) is 10.7. The predicted octanol–water partition coefficient (Wildman–Crippen LogP) is 8.00. The number of hydrogen-bond acceptors (Lipinski definition) is 2. The molecule has 0 saturated carbocycles. The van der Waals surface area contributed by atoms with Crippen molar-refractivity contribution in [3.8, 4) is 22.3 Å². The van der Waals surface area contributed by atoms with Gasteiger partial charge in [-0.15, -0.1) is 0 Å². The van der Waals surface area contributed by atoms with Crippen LogP contribution in [0.3, 0.4) is 0 Å². The Bertz CT molecular complexity index is 934. The maximum absolute atomic E-state index is 12.3. The van der Waals surface area contributed by atoms with Crippen LogP contribution < -0.4 is 0 Å². The Morgan fingerprint density at radius 2 is 1.52 bits per heavy atom. The molecule has 0 fully saturated rings. The number of halogens is 1. The van der Waals surface area contributed by atoms with Gasteiger partial charge in [0.25, 0.3) is 0 Å². The molecule has 29 heavy (non-hydrogen) atoms. The lowest BCUT2D eigenvalue weighted by molar-refractivity contribution is 0.0782. The van der Waals surface area contributed by atoms with Gasteiger partial charge in [-0.2, -0.15) is 0 Å². The lowest BCUT2D eigenvalue weighted by Gasteiger charge is -2.12. The van der Waals surface area contributed by atoms with Crippen LogP contribution in [-0.2, 0) is 10.2 Å². The molecule has 0 aliphatic carbocycles. The molecule has 0 atom stereocenters. The molecule has 0 unspecified atom stereocenters. The van der Waals surface area contributed by atoms with Crippen molar-refractivity contribution in [1.29, 1.82) is 0 Å². The van der Waals surface area contributed by atoms with Crippen molar-refractivity contribution in [1.82, 2.24) is 0 Å². The SMILES string of the molecule is CCCCCCCc1ccc(C(=O)OBr)c(-c2cccc(-c3ccccc3)c2)c1. The zero-order valence-corrected chi connectivity index (χ0v) is 18.5. The van der Waals surface area contributed by atoms with Crippen LogP contribution in [0.4, 0.5) is 0 Å². The summed E-state index contributed by atoms with van der Waals surface area (Å²) in [7, 11) is 0. The summed E-state index contributed by atoms with van der Waals surface area (Å²) in [6.45, 7) is 2.23. The van der Waals surface area contributed by atoms with Crippen LogP contribution in [0, 0.1) is 0 Å². The predicted molar refractivity (Wildman–Crippen MR) is 124 cm³/mol. The molecule has 3 rings (SSSR count). The molecule has 0 aliphatic heterocycles. The van der Waals surface area contributed by atoms with Crippen molar-refractivity contribution in [2.75, 3.05) is 0 Å². The van der Waals surface area contributed by atoms with E-state index in [9.17, 15) is 4.79 Å². The molecule has 0 heterocycles. The van der Waals surface area contributed by atoms with Crippen LogP contribution in [0.2, 0.25) is 0 Å². The average Bonchev–Trinajstić information content (AvgIpc) is 2.79. The van der Waals surface area contributed by atoms with Gasteiger partial charge in [0.05, 0.1) is 5.56 Å². The highest BCUT2D eigenvalue weighted by Gasteiger charge is 2.15. The molecule has 0 aliphatic rings. The molecule has 0 saturated heterocycles. The molecule has 3 heteroatoms. The molecule has 3 aromatic carbocycles. The van der Waals surface area contributed by atoms with Gasteiger partial charge < -0.3 is 3.83 Å². The molecular formula is C26H27BrO2. The number of hydrogen-bond donors (Lipinski definition) is 0. The maximum atomic E-state index is 12.3. The lowest BCUT2D eigenvalue weighted by Crippen LogP contribution is -2.02. The number of benzene rings is 3. The highest BCUT2D eigenvalue weighted by Crippen LogP contribution is 2.30. The highest BCUT2D eigenvalue weighted by atomic mass is 79.9. The van der Waals surface area contributed by atoms with Crippen LogP contribution in [0.1, 0.15) is 54.9 Å². The van der Waals surface area contributed by atoms with Crippen molar-refractivity contribution in [3.63, 3.8) is 0 Å². The van der Waals surface area contributed by atoms with E-state index in [-0.39, 0.29) is 5.97 Å². The number of carbonyl (C=O) groups excluding carboxylic acids is 1. The number of rotatable bonds is 9. The quantitative estimate of drug-likeness (QED) is 0.308. The summed E-state index contributed by atoms with van der Waals surface area (Å²) in [5.41, 5.74) is 6.05. The van der Waals surface area contributed by atoms with Crippen molar-refractivity contribution >= 4 is 22.2 Å². The molecule has 0 aromatic heterocycles. The summed E-state index contributed by atoms with van der Waals surface area (Å²) in [4.78, 5) is 12.3. The van der Waals surface area contributed by atoms with Crippen LogP contribution >= 0.6 is 16.3 Å². The average molecular weight is 451 g/mol. The van der Waals surface area contributed by atoms with E-state index in [1.165, 1.54) is 37.7 Å². The van der Waals surface area contributed by atoms with E-state index in [0.29, 0.717) is 5.56 Å². The number of aryl methyl sites for hydroxylation is 1. The van der Waals surface area contributed by atoms with E-state index in [0.717, 1.165) is 28.7 Å². The van der Waals surface area contributed by atoms with Gasteiger partial charge in [-0.3, -0.25) is 0 Å². The second-order valence-electron chi connectivity index (χ2n) is 7.36. The Balaban J connectivity index is 1.91. The van der Waals surface area contributed by atoms with Crippen molar-refractivity contribution in [2.24, 2.45) is 0 Å². The second kappa shape index (κ2) is 11.0. The van der Waals surface area contributed by atoms with Gasteiger partial charge in [0, 0.05) is 0 Å². The number of carbonyl (C=O) groups is 1. The third-order valence-corrected chi connectivity index (χ3v) is 5.52. The largest absolute Gasteiger partial charge is 0.380 e. The molecule has 0 spiro atoms. The Labute approximate surface area is 182 Å². The Kier molecular flexibility index (Phi) is 8.06. The van der Waals surface area contributed by atoms with Crippen LogP contribution in [0.5, 0.6) is 0 Å². The van der Waals surface area contributed by atoms with E-state index < -0.39 is 0 Å². The smallest absolute Gasteiger partial charge is 0.350 e. The van der Waals surface area contributed by atoms with Gasteiger partial charge in [-0.05, 0) is 52.8 Å². The summed E-state index contributed by atoms with van der Waals surface area (Å²) in [6.07, 6.45) is 7.29. The van der Waals surface area contributed by atoms with E-state index >= 15 is 0 Å². The highest BCUT2D eigenvalue weighted by molar-refractivity contribution is 9.06. The summed E-state index contributed by atoms with van der Waals surface area (Å²) in [5, 5.41) is 0. The number of unbranched alkanes of at least 4 members (excludes halogenated alkanes) is 4. The van der Waals surface area contributed by atoms with Crippen molar-refractivity contribution in [2.45, 2.75) is 45.4 Å². The fourth-order valence-electron chi connectivity index (χ4n) is 3.63. The van der Waals surface area contributed by atoms with Gasteiger partial charge in [0.15, 0.2) is 16.3 Å². The minimum atomic E-state index is -0.375. The standard InChI is InChI=1S/C26H27BrO2/c1-2-3-4-5-7-11-20-16-17-24(26(28)29-27)25(18-20)23-15-10-14-22(19-23)21-12-8-6-9-13-21/h6,8-10,12-19H,2-5,7,11H2,1H3. The molecule has 150 valence electrons. The van der Waals surface area contributed by atoms with Gasteiger partial charge in [0.2, 0.25) is 0 Å². The third-order valence-electron chi connectivity index (χ3n) is 5.22. The second-order valence-corrected chi connectivity index (χ2v) is 7.68. The first kappa shape index (κ1) is 21.3. The summed E-state index contributed by atoms with van der Waals surface area (Å²) in [5.74, 6) is -0.375. The Morgan fingerprint density at radius 3 is 2.28 bits per heavy atom. The van der Waals surface area contributed by atoms with Crippen molar-refractivity contribution in [3.05, 3.63) is 83.9 Å². The maximum Gasteiger partial charge on any atom is 0.350 e. The monoisotopic (exact) mass is 450 g/mol. The third kappa shape index (κ3) is 5.80. The molecule has 2 nitrogen and oxygen atoms in total. The Hall–Kier alpha value is -2.39. The molecule has 0 amide bonds. The summed E-state index contributed by atoms with van der Waals surface area (Å²) >= 11 is 2.84. The first-order chi connectivity index (χ1) is 14.2. The fraction of sp³-hybridized carbons (Fsp3) is 0.269. The van der Waals surface area contributed by atoms with E-state index in [1.807, 2.05) is 36.4 Å². The van der Waals surface area contributed by atoms with Crippen LogP contribution in [-0.4, -0.2) is 5.97 Å². The summed E-state index contributed by atoms with van der Waals surface area (Å²) in [6, 6.07) is 24.7. The first-order valence-electron chi connectivity index (χ1n) is 10.3. The molecule has 0 bridgehead atoms. The van der Waals surface area contributed by atoms with Gasteiger partial charge in [-0.25, -0.2) is 4.79 Å². The van der Waals surface area contributed by atoms with Crippen LogP contribution in [0.25, 0.3) is 22.3 Å². The molecule has 0 N–H and O–H groups in total.